The summed E-state index contributed by atoms with van der Waals surface area (Å²) < 4.78 is 0. The zero-order chi connectivity index (χ0) is 14.8. The van der Waals surface area contributed by atoms with Gasteiger partial charge in [0.25, 0.3) is 0 Å². The van der Waals surface area contributed by atoms with Crippen molar-refractivity contribution >= 4 is 12.1 Å². The van der Waals surface area contributed by atoms with Crippen molar-refractivity contribution in [3.05, 3.63) is 71.8 Å². The maximum absolute atomic E-state index is 11.6. The Morgan fingerprint density at radius 1 is 0.905 bits per heavy atom. The number of hydrogen-bond acceptors (Lipinski definition) is 2. The molecule has 0 aromatic heterocycles. The first-order valence-corrected chi connectivity index (χ1v) is 7.23. The van der Waals surface area contributed by atoms with Crippen LogP contribution in [0.5, 0.6) is 0 Å². The molecule has 1 amide bonds. The average Bonchev–Trinajstić information content (AvgIpc) is 2.54. The van der Waals surface area contributed by atoms with Gasteiger partial charge in [-0.05, 0) is 30.4 Å². The first-order valence-electron chi connectivity index (χ1n) is 7.23. The van der Waals surface area contributed by atoms with Crippen LogP contribution in [0.1, 0.15) is 24.0 Å². The van der Waals surface area contributed by atoms with Gasteiger partial charge in [0.2, 0.25) is 5.91 Å². The lowest BCUT2D eigenvalue weighted by Gasteiger charge is -2.00. The number of aryl methyl sites for hydroxylation is 2. The fourth-order valence-electron chi connectivity index (χ4n) is 2.02. The lowest BCUT2D eigenvalue weighted by Crippen LogP contribution is -2.17. The highest BCUT2D eigenvalue weighted by atomic mass is 16.2. The molecule has 0 saturated heterocycles. The summed E-state index contributed by atoms with van der Waals surface area (Å²) in [6, 6.07) is 20.2. The van der Waals surface area contributed by atoms with Crippen LogP contribution in [-0.2, 0) is 17.6 Å². The van der Waals surface area contributed by atoms with Crippen LogP contribution < -0.4 is 5.43 Å². The average molecular weight is 280 g/mol. The molecule has 0 atom stereocenters. The number of hydrazone groups is 1. The van der Waals surface area contributed by atoms with Gasteiger partial charge in [0.1, 0.15) is 0 Å². The van der Waals surface area contributed by atoms with E-state index in [1.54, 1.807) is 6.21 Å². The third-order valence-electron chi connectivity index (χ3n) is 3.17. The zero-order valence-electron chi connectivity index (χ0n) is 12.0. The van der Waals surface area contributed by atoms with E-state index in [4.69, 9.17) is 0 Å². The van der Waals surface area contributed by atoms with E-state index < -0.39 is 0 Å². The third kappa shape index (κ3) is 6.04. The molecule has 0 saturated carbocycles. The molecule has 2 aromatic carbocycles. The summed E-state index contributed by atoms with van der Waals surface area (Å²) in [5.41, 5.74) is 5.01. The van der Waals surface area contributed by atoms with E-state index in [-0.39, 0.29) is 5.91 Å². The Morgan fingerprint density at radius 3 is 2.10 bits per heavy atom. The predicted molar refractivity (Wildman–Crippen MR) is 86.2 cm³/mol. The van der Waals surface area contributed by atoms with Crippen molar-refractivity contribution in [2.24, 2.45) is 5.10 Å². The highest BCUT2D eigenvalue weighted by Gasteiger charge is 1.99. The maximum Gasteiger partial charge on any atom is 0.240 e. The quantitative estimate of drug-likeness (QED) is 0.613. The van der Waals surface area contributed by atoms with E-state index in [0.717, 1.165) is 19.3 Å². The van der Waals surface area contributed by atoms with Gasteiger partial charge in [-0.25, -0.2) is 5.43 Å². The topological polar surface area (TPSA) is 41.5 Å². The maximum atomic E-state index is 11.6. The van der Waals surface area contributed by atoms with Crippen molar-refractivity contribution in [1.29, 1.82) is 0 Å². The van der Waals surface area contributed by atoms with Crippen LogP contribution in [0.4, 0.5) is 0 Å². The fraction of sp³-hybridized carbons (Fsp3) is 0.222. The number of rotatable bonds is 7. The number of carbonyl (C=O) groups excluding carboxylic acids is 1. The summed E-state index contributed by atoms with van der Waals surface area (Å²) in [5, 5.41) is 3.97. The van der Waals surface area contributed by atoms with Crippen LogP contribution >= 0.6 is 0 Å². The largest absolute Gasteiger partial charge is 0.273 e. The lowest BCUT2D eigenvalue weighted by atomic mass is 10.1. The van der Waals surface area contributed by atoms with Gasteiger partial charge < -0.3 is 0 Å². The van der Waals surface area contributed by atoms with E-state index in [1.165, 1.54) is 11.1 Å². The van der Waals surface area contributed by atoms with Crippen molar-refractivity contribution in [1.82, 2.24) is 5.43 Å². The van der Waals surface area contributed by atoms with E-state index >= 15 is 0 Å². The van der Waals surface area contributed by atoms with E-state index in [0.29, 0.717) is 6.42 Å². The molecule has 0 unspecified atom stereocenters. The van der Waals surface area contributed by atoms with Crippen LogP contribution in [0.15, 0.2) is 65.8 Å². The number of nitrogens with zero attached hydrogens (tertiary/aromatic N) is 1. The molecule has 1 N–H and O–H groups in total. The Labute approximate surface area is 125 Å². The Bertz CT molecular complexity index is 564. The predicted octanol–water partition coefficient (Wildman–Crippen LogP) is 3.35. The van der Waals surface area contributed by atoms with Gasteiger partial charge in [-0.1, -0.05) is 60.7 Å². The van der Waals surface area contributed by atoms with Crippen LogP contribution in [0.3, 0.4) is 0 Å². The highest BCUT2D eigenvalue weighted by molar-refractivity contribution is 5.76. The standard InChI is InChI=1S/C18H20N2O/c21-18(14-13-17-10-5-2-6-11-17)20-19-15-7-12-16-8-3-1-4-9-16/h1-6,8-11,15H,7,12-14H2,(H,20,21). The lowest BCUT2D eigenvalue weighted by molar-refractivity contribution is -0.121. The van der Waals surface area contributed by atoms with Crippen molar-refractivity contribution in [2.75, 3.05) is 0 Å². The summed E-state index contributed by atoms with van der Waals surface area (Å²) in [6.07, 6.45) is 4.72. The van der Waals surface area contributed by atoms with Gasteiger partial charge in [0.15, 0.2) is 0 Å². The van der Waals surface area contributed by atoms with Crippen molar-refractivity contribution < 1.29 is 4.79 Å². The van der Waals surface area contributed by atoms with Crippen LogP contribution in [0.2, 0.25) is 0 Å². The molecule has 2 rings (SSSR count). The summed E-state index contributed by atoms with van der Waals surface area (Å²) in [7, 11) is 0. The highest BCUT2D eigenvalue weighted by Crippen LogP contribution is 2.02. The molecule has 108 valence electrons. The third-order valence-corrected chi connectivity index (χ3v) is 3.17. The molecule has 3 heteroatoms. The summed E-state index contributed by atoms with van der Waals surface area (Å²) in [6.45, 7) is 0. The Hall–Kier alpha value is -2.42. The van der Waals surface area contributed by atoms with Gasteiger partial charge in [0.05, 0.1) is 0 Å². The SMILES string of the molecule is O=C(CCc1ccccc1)NN=CCCc1ccccc1. The number of nitrogens with one attached hydrogen (secondary N) is 1. The molecule has 0 aliphatic carbocycles. The molecule has 0 spiro atoms. The van der Waals surface area contributed by atoms with E-state index in [2.05, 4.69) is 22.7 Å². The molecule has 0 heterocycles. The molecule has 0 aliphatic rings. The fourth-order valence-corrected chi connectivity index (χ4v) is 2.02. The zero-order valence-corrected chi connectivity index (χ0v) is 12.0. The Morgan fingerprint density at radius 2 is 1.48 bits per heavy atom. The second-order valence-electron chi connectivity index (χ2n) is 4.86. The second-order valence-corrected chi connectivity index (χ2v) is 4.86. The molecule has 3 nitrogen and oxygen atoms in total. The smallest absolute Gasteiger partial charge is 0.240 e. The molecule has 0 radical (unpaired) electrons. The molecule has 0 bridgehead atoms. The normalized spacial score (nSPS) is 10.7. The molecule has 21 heavy (non-hydrogen) atoms. The number of benzene rings is 2. The Balaban J connectivity index is 1.61. The summed E-state index contributed by atoms with van der Waals surface area (Å²) in [4.78, 5) is 11.6. The first-order chi connectivity index (χ1) is 10.3. The molecular weight excluding hydrogens is 260 g/mol. The van der Waals surface area contributed by atoms with Gasteiger partial charge in [-0.3, -0.25) is 4.79 Å². The van der Waals surface area contributed by atoms with E-state index in [1.807, 2.05) is 48.5 Å². The van der Waals surface area contributed by atoms with E-state index in [9.17, 15) is 4.79 Å². The Kier molecular flexibility index (Phi) is 6.20. The van der Waals surface area contributed by atoms with Crippen molar-refractivity contribution in [3.63, 3.8) is 0 Å². The molecule has 0 fully saturated rings. The van der Waals surface area contributed by atoms with Gasteiger partial charge >= 0.3 is 0 Å². The number of hydrogen-bond donors (Lipinski definition) is 1. The minimum atomic E-state index is -0.0465. The van der Waals surface area contributed by atoms with Crippen molar-refractivity contribution in [2.45, 2.75) is 25.7 Å². The number of carbonyl (C=O) groups is 1. The van der Waals surface area contributed by atoms with Gasteiger partial charge in [-0.15, -0.1) is 0 Å². The molecular formula is C18H20N2O. The monoisotopic (exact) mass is 280 g/mol. The van der Waals surface area contributed by atoms with Gasteiger partial charge in [0, 0.05) is 12.6 Å². The van der Waals surface area contributed by atoms with Crippen LogP contribution in [0, 0.1) is 0 Å². The molecule has 0 aliphatic heterocycles. The second kappa shape index (κ2) is 8.69. The van der Waals surface area contributed by atoms with Gasteiger partial charge in [-0.2, -0.15) is 5.10 Å². The first kappa shape index (κ1) is 15.0. The van der Waals surface area contributed by atoms with Crippen molar-refractivity contribution in [3.8, 4) is 0 Å². The summed E-state index contributed by atoms with van der Waals surface area (Å²) >= 11 is 0. The van der Waals surface area contributed by atoms with Crippen LogP contribution in [-0.4, -0.2) is 12.1 Å². The minimum absolute atomic E-state index is 0.0465. The minimum Gasteiger partial charge on any atom is -0.273 e. The summed E-state index contributed by atoms with van der Waals surface area (Å²) in [5.74, 6) is -0.0465. The number of amides is 1. The molecule has 2 aromatic rings. The van der Waals surface area contributed by atoms with Crippen LogP contribution in [0.25, 0.3) is 0 Å².